The standard InChI is InChI=1S/C10H13NO2/c1-3-8(2)10(12)11-7-9-5-4-6-13-9/h3-6H,7H2,1-2H3,(H,11,12)/b8-3-. The third-order valence-corrected chi connectivity index (χ3v) is 1.79. The van der Waals surface area contributed by atoms with E-state index in [0.29, 0.717) is 12.1 Å². The Morgan fingerprint density at radius 2 is 2.46 bits per heavy atom. The molecule has 1 aromatic rings. The lowest BCUT2D eigenvalue weighted by Crippen LogP contribution is -2.23. The SMILES string of the molecule is C/C=C(/C)C(=O)NCc1ccco1. The van der Waals surface area contributed by atoms with Gasteiger partial charge in [0, 0.05) is 5.57 Å². The largest absolute Gasteiger partial charge is 0.467 e. The lowest BCUT2D eigenvalue weighted by molar-refractivity contribution is -0.117. The van der Waals surface area contributed by atoms with Gasteiger partial charge in [-0.25, -0.2) is 0 Å². The van der Waals surface area contributed by atoms with Gasteiger partial charge in [-0.05, 0) is 26.0 Å². The third kappa shape index (κ3) is 2.78. The van der Waals surface area contributed by atoms with Gasteiger partial charge < -0.3 is 9.73 Å². The number of amides is 1. The summed E-state index contributed by atoms with van der Waals surface area (Å²) in [5, 5.41) is 2.73. The summed E-state index contributed by atoms with van der Waals surface area (Å²) in [5.41, 5.74) is 0.714. The van der Waals surface area contributed by atoms with Crippen LogP contribution in [-0.4, -0.2) is 5.91 Å². The highest BCUT2D eigenvalue weighted by Gasteiger charge is 2.02. The van der Waals surface area contributed by atoms with Crippen LogP contribution in [0, 0.1) is 0 Å². The molecule has 1 N–H and O–H groups in total. The van der Waals surface area contributed by atoms with Crippen molar-refractivity contribution < 1.29 is 9.21 Å². The summed E-state index contributed by atoms with van der Waals surface area (Å²) >= 11 is 0. The molecule has 0 unspecified atom stereocenters. The number of hydrogen-bond acceptors (Lipinski definition) is 2. The Hall–Kier alpha value is -1.51. The van der Waals surface area contributed by atoms with Crippen molar-refractivity contribution in [3.8, 4) is 0 Å². The molecular formula is C10H13NO2. The molecule has 0 radical (unpaired) electrons. The second kappa shape index (κ2) is 4.50. The Kier molecular flexibility index (Phi) is 3.31. The lowest BCUT2D eigenvalue weighted by Gasteiger charge is -2.01. The zero-order chi connectivity index (χ0) is 9.68. The number of nitrogens with one attached hydrogen (secondary N) is 1. The molecule has 0 fully saturated rings. The van der Waals surface area contributed by atoms with Gasteiger partial charge in [-0.3, -0.25) is 4.79 Å². The first-order valence-electron chi connectivity index (χ1n) is 4.17. The Morgan fingerprint density at radius 1 is 1.69 bits per heavy atom. The quantitative estimate of drug-likeness (QED) is 0.719. The van der Waals surface area contributed by atoms with Crippen LogP contribution in [0.1, 0.15) is 19.6 Å². The Labute approximate surface area is 77.4 Å². The van der Waals surface area contributed by atoms with Crippen LogP contribution < -0.4 is 5.32 Å². The zero-order valence-electron chi connectivity index (χ0n) is 7.83. The minimum atomic E-state index is -0.0566. The van der Waals surface area contributed by atoms with Crippen molar-refractivity contribution in [2.24, 2.45) is 0 Å². The Balaban J connectivity index is 2.40. The fraction of sp³-hybridized carbons (Fsp3) is 0.300. The predicted molar refractivity (Wildman–Crippen MR) is 50.0 cm³/mol. The molecule has 0 spiro atoms. The number of carbonyl (C=O) groups excluding carboxylic acids is 1. The van der Waals surface area contributed by atoms with Gasteiger partial charge in [-0.15, -0.1) is 0 Å². The van der Waals surface area contributed by atoms with E-state index in [1.54, 1.807) is 25.3 Å². The molecule has 1 heterocycles. The molecule has 1 rings (SSSR count). The van der Waals surface area contributed by atoms with Crippen LogP contribution in [-0.2, 0) is 11.3 Å². The summed E-state index contributed by atoms with van der Waals surface area (Å²) in [6.07, 6.45) is 3.36. The lowest BCUT2D eigenvalue weighted by atomic mass is 10.3. The van der Waals surface area contributed by atoms with Crippen molar-refractivity contribution in [3.63, 3.8) is 0 Å². The van der Waals surface area contributed by atoms with E-state index in [1.165, 1.54) is 0 Å². The van der Waals surface area contributed by atoms with Crippen molar-refractivity contribution in [2.45, 2.75) is 20.4 Å². The maximum Gasteiger partial charge on any atom is 0.246 e. The molecule has 0 bridgehead atoms. The number of allylic oxidation sites excluding steroid dienone is 1. The molecule has 0 aliphatic heterocycles. The van der Waals surface area contributed by atoms with E-state index >= 15 is 0 Å². The molecule has 0 aliphatic carbocycles. The molecule has 3 heteroatoms. The fourth-order valence-corrected chi connectivity index (χ4v) is 0.851. The average Bonchev–Trinajstić information content (AvgIpc) is 2.65. The van der Waals surface area contributed by atoms with Crippen LogP contribution in [0.4, 0.5) is 0 Å². The molecule has 3 nitrogen and oxygen atoms in total. The van der Waals surface area contributed by atoms with Gasteiger partial charge in [0.25, 0.3) is 0 Å². The molecule has 0 aliphatic rings. The minimum absolute atomic E-state index is 0.0566. The molecule has 0 aromatic carbocycles. The van der Waals surface area contributed by atoms with E-state index in [4.69, 9.17) is 4.42 Å². The molecule has 1 aromatic heterocycles. The van der Waals surface area contributed by atoms with E-state index in [0.717, 1.165) is 5.76 Å². The molecular weight excluding hydrogens is 166 g/mol. The molecule has 1 amide bonds. The van der Waals surface area contributed by atoms with E-state index < -0.39 is 0 Å². The van der Waals surface area contributed by atoms with E-state index in [9.17, 15) is 4.79 Å². The van der Waals surface area contributed by atoms with Crippen molar-refractivity contribution in [3.05, 3.63) is 35.8 Å². The summed E-state index contributed by atoms with van der Waals surface area (Å²) < 4.78 is 5.06. The van der Waals surface area contributed by atoms with Gasteiger partial charge in [0.2, 0.25) is 5.91 Å². The minimum Gasteiger partial charge on any atom is -0.467 e. The van der Waals surface area contributed by atoms with Gasteiger partial charge in [-0.2, -0.15) is 0 Å². The molecule has 13 heavy (non-hydrogen) atoms. The summed E-state index contributed by atoms with van der Waals surface area (Å²) in [7, 11) is 0. The first-order chi connectivity index (χ1) is 6.24. The van der Waals surface area contributed by atoms with Gasteiger partial charge >= 0.3 is 0 Å². The van der Waals surface area contributed by atoms with Crippen molar-refractivity contribution in [1.82, 2.24) is 5.32 Å². The van der Waals surface area contributed by atoms with Crippen molar-refractivity contribution in [2.75, 3.05) is 0 Å². The highest BCUT2D eigenvalue weighted by atomic mass is 16.3. The average molecular weight is 179 g/mol. The highest BCUT2D eigenvalue weighted by molar-refractivity contribution is 5.92. The maximum atomic E-state index is 11.2. The van der Waals surface area contributed by atoms with Crippen LogP contribution >= 0.6 is 0 Å². The second-order valence-electron chi connectivity index (χ2n) is 2.73. The maximum absolute atomic E-state index is 11.2. The summed E-state index contributed by atoms with van der Waals surface area (Å²) in [4.78, 5) is 11.2. The predicted octanol–water partition coefficient (Wildman–Crippen LogP) is 1.86. The molecule has 0 saturated carbocycles. The van der Waals surface area contributed by atoms with E-state index in [-0.39, 0.29) is 5.91 Å². The number of hydrogen-bond donors (Lipinski definition) is 1. The van der Waals surface area contributed by atoms with Crippen LogP contribution in [0.25, 0.3) is 0 Å². The van der Waals surface area contributed by atoms with Crippen LogP contribution in [0.15, 0.2) is 34.5 Å². The first-order valence-corrected chi connectivity index (χ1v) is 4.17. The van der Waals surface area contributed by atoms with Crippen LogP contribution in [0.3, 0.4) is 0 Å². The molecule has 70 valence electrons. The molecule has 0 atom stereocenters. The van der Waals surface area contributed by atoms with Gasteiger partial charge in [-0.1, -0.05) is 6.08 Å². The number of furan rings is 1. The van der Waals surface area contributed by atoms with Gasteiger partial charge in [0.05, 0.1) is 12.8 Å². The topological polar surface area (TPSA) is 42.2 Å². The van der Waals surface area contributed by atoms with Gasteiger partial charge in [0.1, 0.15) is 5.76 Å². The summed E-state index contributed by atoms with van der Waals surface area (Å²) in [6, 6.07) is 3.62. The normalized spacial score (nSPS) is 11.4. The van der Waals surface area contributed by atoms with E-state index in [1.807, 2.05) is 13.0 Å². The Morgan fingerprint density at radius 3 is 3.00 bits per heavy atom. The summed E-state index contributed by atoms with van der Waals surface area (Å²) in [6.45, 7) is 4.05. The van der Waals surface area contributed by atoms with Crippen LogP contribution in [0.2, 0.25) is 0 Å². The Bertz CT molecular complexity index is 299. The number of carbonyl (C=O) groups is 1. The van der Waals surface area contributed by atoms with Crippen molar-refractivity contribution in [1.29, 1.82) is 0 Å². The van der Waals surface area contributed by atoms with E-state index in [2.05, 4.69) is 5.32 Å². The number of rotatable bonds is 3. The first kappa shape index (κ1) is 9.58. The van der Waals surface area contributed by atoms with Gasteiger partial charge in [0.15, 0.2) is 0 Å². The fourth-order valence-electron chi connectivity index (χ4n) is 0.851. The van der Waals surface area contributed by atoms with Crippen LogP contribution in [0.5, 0.6) is 0 Å². The summed E-state index contributed by atoms with van der Waals surface area (Å²) in [5.74, 6) is 0.705. The zero-order valence-corrected chi connectivity index (χ0v) is 7.83. The third-order valence-electron chi connectivity index (χ3n) is 1.79. The highest BCUT2D eigenvalue weighted by Crippen LogP contribution is 1.99. The van der Waals surface area contributed by atoms with Crippen molar-refractivity contribution >= 4 is 5.91 Å². The second-order valence-corrected chi connectivity index (χ2v) is 2.73. The monoisotopic (exact) mass is 179 g/mol. The molecule has 0 saturated heterocycles. The smallest absolute Gasteiger partial charge is 0.246 e.